The molecule has 0 saturated carbocycles. The highest BCUT2D eigenvalue weighted by molar-refractivity contribution is 9.08. The Bertz CT molecular complexity index is 516. The number of rotatable bonds is 2. The molecule has 0 aromatic carbocycles. The molecule has 0 aliphatic carbocycles. The van der Waals surface area contributed by atoms with E-state index in [1.165, 1.54) is 0 Å². The molecule has 0 radical (unpaired) electrons. The fourth-order valence-electron chi connectivity index (χ4n) is 1.46. The third-order valence-electron chi connectivity index (χ3n) is 2.30. The lowest BCUT2D eigenvalue weighted by Crippen LogP contribution is -2.21. The average Bonchev–Trinajstić information content (AvgIpc) is 2.75. The molecule has 0 spiro atoms. The zero-order valence-electron chi connectivity index (χ0n) is 8.24. The van der Waals surface area contributed by atoms with Gasteiger partial charge in [-0.2, -0.15) is 0 Å². The van der Waals surface area contributed by atoms with Crippen LogP contribution in [0.3, 0.4) is 0 Å². The molecule has 0 atom stereocenters. The van der Waals surface area contributed by atoms with Gasteiger partial charge in [-0.15, -0.1) is 11.3 Å². The molecule has 2 aromatic heterocycles. The molecule has 0 amide bonds. The van der Waals surface area contributed by atoms with Crippen molar-refractivity contribution in [1.82, 2.24) is 4.57 Å². The molecule has 15 heavy (non-hydrogen) atoms. The van der Waals surface area contributed by atoms with E-state index < -0.39 is 0 Å². The molecule has 4 heteroatoms. The first-order valence-electron chi connectivity index (χ1n) is 4.53. The highest BCUT2D eigenvalue weighted by Gasteiger charge is 2.06. The second-order valence-corrected chi connectivity index (χ2v) is 4.73. The smallest absolute Gasteiger partial charge is 0.254 e. The lowest BCUT2D eigenvalue weighted by Gasteiger charge is -2.07. The monoisotopic (exact) mass is 283 g/mol. The third-order valence-corrected chi connectivity index (χ3v) is 3.80. The SMILES string of the molecule is Cn1c(-c2cccs2)ccc(CBr)c1=O. The van der Waals surface area contributed by atoms with Gasteiger partial charge in [-0.3, -0.25) is 4.79 Å². The Labute approximate surface area is 100 Å². The van der Waals surface area contributed by atoms with Crippen molar-refractivity contribution < 1.29 is 0 Å². The van der Waals surface area contributed by atoms with Gasteiger partial charge in [0.1, 0.15) is 0 Å². The average molecular weight is 284 g/mol. The van der Waals surface area contributed by atoms with E-state index in [0.29, 0.717) is 5.33 Å². The van der Waals surface area contributed by atoms with Crippen LogP contribution in [0.25, 0.3) is 10.6 Å². The van der Waals surface area contributed by atoms with Crippen molar-refractivity contribution in [1.29, 1.82) is 0 Å². The van der Waals surface area contributed by atoms with E-state index in [0.717, 1.165) is 16.1 Å². The molecular weight excluding hydrogens is 274 g/mol. The zero-order valence-corrected chi connectivity index (χ0v) is 10.6. The quantitative estimate of drug-likeness (QED) is 0.777. The second-order valence-electron chi connectivity index (χ2n) is 3.22. The first kappa shape index (κ1) is 10.6. The molecular formula is C11H10BrNOS. The van der Waals surface area contributed by atoms with E-state index >= 15 is 0 Å². The van der Waals surface area contributed by atoms with Gasteiger partial charge in [0.15, 0.2) is 0 Å². The molecule has 0 aliphatic rings. The number of aromatic nitrogens is 1. The van der Waals surface area contributed by atoms with Crippen LogP contribution >= 0.6 is 27.3 Å². The molecule has 0 saturated heterocycles. The minimum Gasteiger partial charge on any atom is -0.310 e. The first-order chi connectivity index (χ1) is 7.24. The second kappa shape index (κ2) is 4.33. The van der Waals surface area contributed by atoms with Crippen LogP contribution in [-0.4, -0.2) is 4.57 Å². The summed E-state index contributed by atoms with van der Waals surface area (Å²) in [4.78, 5) is 13.0. The van der Waals surface area contributed by atoms with E-state index in [1.54, 1.807) is 15.9 Å². The summed E-state index contributed by atoms with van der Waals surface area (Å²) < 4.78 is 1.70. The summed E-state index contributed by atoms with van der Waals surface area (Å²) in [6, 6.07) is 7.88. The van der Waals surface area contributed by atoms with Gasteiger partial charge in [0.25, 0.3) is 5.56 Å². The molecule has 0 fully saturated rings. The molecule has 2 heterocycles. The van der Waals surface area contributed by atoms with Crippen molar-refractivity contribution in [3.8, 4) is 10.6 Å². The van der Waals surface area contributed by atoms with Crippen molar-refractivity contribution in [3.05, 3.63) is 45.6 Å². The van der Waals surface area contributed by atoms with Crippen LogP contribution in [0.2, 0.25) is 0 Å². The lowest BCUT2D eigenvalue weighted by atomic mass is 10.2. The molecule has 0 bridgehead atoms. The molecule has 0 unspecified atom stereocenters. The molecule has 2 rings (SSSR count). The fourth-order valence-corrected chi connectivity index (χ4v) is 2.67. The number of alkyl halides is 1. The minimum absolute atomic E-state index is 0.0674. The number of nitrogens with zero attached hydrogens (tertiary/aromatic N) is 1. The van der Waals surface area contributed by atoms with Gasteiger partial charge in [0.05, 0.1) is 10.6 Å². The van der Waals surface area contributed by atoms with Crippen LogP contribution in [0.4, 0.5) is 0 Å². The molecule has 0 aliphatic heterocycles. The molecule has 2 aromatic rings. The van der Waals surface area contributed by atoms with Crippen molar-refractivity contribution >= 4 is 27.3 Å². The van der Waals surface area contributed by atoms with Gasteiger partial charge in [-0.1, -0.05) is 28.1 Å². The zero-order chi connectivity index (χ0) is 10.8. The number of thiophene rings is 1. The van der Waals surface area contributed by atoms with E-state index in [1.807, 2.05) is 36.7 Å². The highest BCUT2D eigenvalue weighted by atomic mass is 79.9. The lowest BCUT2D eigenvalue weighted by molar-refractivity contribution is 0.859. The predicted octanol–water partition coefficient (Wildman–Crippen LogP) is 3.01. The van der Waals surface area contributed by atoms with E-state index in [4.69, 9.17) is 0 Å². The van der Waals surface area contributed by atoms with Crippen LogP contribution in [0, 0.1) is 0 Å². The van der Waals surface area contributed by atoms with Crippen molar-refractivity contribution in [3.63, 3.8) is 0 Å². The van der Waals surface area contributed by atoms with E-state index in [-0.39, 0.29) is 5.56 Å². The van der Waals surface area contributed by atoms with Crippen molar-refractivity contribution in [2.75, 3.05) is 0 Å². The van der Waals surface area contributed by atoms with Crippen molar-refractivity contribution in [2.24, 2.45) is 7.05 Å². The Morgan fingerprint density at radius 2 is 2.20 bits per heavy atom. The summed E-state index contributed by atoms with van der Waals surface area (Å²) in [7, 11) is 1.81. The summed E-state index contributed by atoms with van der Waals surface area (Å²) in [6.45, 7) is 0. The van der Waals surface area contributed by atoms with Gasteiger partial charge in [0.2, 0.25) is 0 Å². The number of hydrogen-bond donors (Lipinski definition) is 0. The summed E-state index contributed by atoms with van der Waals surface area (Å²) in [5.74, 6) is 0. The maximum absolute atomic E-state index is 11.9. The first-order valence-corrected chi connectivity index (χ1v) is 6.53. The summed E-state index contributed by atoms with van der Waals surface area (Å²) in [5.41, 5.74) is 1.83. The normalized spacial score (nSPS) is 10.5. The minimum atomic E-state index is 0.0674. The van der Waals surface area contributed by atoms with Gasteiger partial charge in [-0.25, -0.2) is 0 Å². The van der Waals surface area contributed by atoms with Crippen LogP contribution < -0.4 is 5.56 Å². The highest BCUT2D eigenvalue weighted by Crippen LogP contribution is 2.23. The molecule has 78 valence electrons. The fraction of sp³-hybridized carbons (Fsp3) is 0.182. The van der Waals surface area contributed by atoms with Crippen LogP contribution in [0.5, 0.6) is 0 Å². The maximum Gasteiger partial charge on any atom is 0.254 e. The van der Waals surface area contributed by atoms with Crippen LogP contribution in [0.1, 0.15) is 5.56 Å². The third kappa shape index (κ3) is 1.92. The predicted molar refractivity (Wildman–Crippen MR) is 67.6 cm³/mol. The standard InChI is InChI=1S/C11H10BrNOS/c1-13-9(10-3-2-6-15-10)5-4-8(7-12)11(13)14/h2-6H,7H2,1H3. The molecule has 0 N–H and O–H groups in total. The number of hydrogen-bond acceptors (Lipinski definition) is 2. The van der Waals surface area contributed by atoms with E-state index in [2.05, 4.69) is 15.9 Å². The van der Waals surface area contributed by atoms with Crippen LogP contribution in [-0.2, 0) is 12.4 Å². The summed E-state index contributed by atoms with van der Waals surface area (Å²) in [6.07, 6.45) is 0. The Balaban J connectivity index is 2.62. The summed E-state index contributed by atoms with van der Waals surface area (Å²) >= 11 is 4.95. The van der Waals surface area contributed by atoms with Crippen LogP contribution in [0.15, 0.2) is 34.4 Å². The Hall–Kier alpha value is -0.870. The number of halogens is 1. The van der Waals surface area contributed by atoms with E-state index in [9.17, 15) is 4.79 Å². The van der Waals surface area contributed by atoms with Crippen molar-refractivity contribution in [2.45, 2.75) is 5.33 Å². The Morgan fingerprint density at radius 1 is 1.40 bits per heavy atom. The molecule has 2 nitrogen and oxygen atoms in total. The summed E-state index contributed by atoms with van der Waals surface area (Å²) in [5, 5.41) is 2.61. The topological polar surface area (TPSA) is 22.0 Å². The largest absolute Gasteiger partial charge is 0.310 e. The van der Waals surface area contributed by atoms with Gasteiger partial charge < -0.3 is 4.57 Å². The van der Waals surface area contributed by atoms with Gasteiger partial charge in [-0.05, 0) is 17.5 Å². The maximum atomic E-state index is 11.9. The number of pyridine rings is 1. The Morgan fingerprint density at radius 3 is 2.80 bits per heavy atom. The van der Waals surface area contributed by atoms with Gasteiger partial charge >= 0.3 is 0 Å². The Kier molecular flexibility index (Phi) is 3.07. The van der Waals surface area contributed by atoms with Gasteiger partial charge in [0, 0.05) is 17.9 Å².